The summed E-state index contributed by atoms with van der Waals surface area (Å²) >= 11 is 0. The van der Waals surface area contributed by atoms with Crippen LogP contribution in [0.25, 0.3) is 11.4 Å². The van der Waals surface area contributed by atoms with Gasteiger partial charge in [0, 0.05) is 12.1 Å². The van der Waals surface area contributed by atoms with Crippen molar-refractivity contribution in [3.05, 3.63) is 54.4 Å². The molecule has 0 saturated heterocycles. The van der Waals surface area contributed by atoms with E-state index >= 15 is 0 Å². The number of nitrogens with one attached hydrogen (secondary N) is 2. The van der Waals surface area contributed by atoms with Crippen molar-refractivity contribution in [2.45, 2.75) is 19.9 Å². The molecule has 128 valence electrons. The zero-order valence-corrected chi connectivity index (χ0v) is 13.7. The van der Waals surface area contributed by atoms with Gasteiger partial charge in [-0.2, -0.15) is 15.0 Å². The lowest BCUT2D eigenvalue weighted by Crippen LogP contribution is -2.14. The van der Waals surface area contributed by atoms with Crippen LogP contribution in [0.2, 0.25) is 0 Å². The maximum Gasteiger partial charge on any atom is 0.232 e. The highest BCUT2D eigenvalue weighted by atomic mass is 19.1. The highest BCUT2D eigenvalue weighted by Crippen LogP contribution is 2.22. The number of aromatic nitrogens is 4. The number of rotatable bonds is 5. The molecule has 0 fully saturated rings. The van der Waals surface area contributed by atoms with Gasteiger partial charge < -0.3 is 10.6 Å². The second-order valence-corrected chi connectivity index (χ2v) is 5.60. The van der Waals surface area contributed by atoms with Crippen molar-refractivity contribution in [3.63, 3.8) is 0 Å². The summed E-state index contributed by atoms with van der Waals surface area (Å²) in [6.45, 7) is 3.85. The number of pyridine rings is 1. The summed E-state index contributed by atoms with van der Waals surface area (Å²) in [6, 6.07) is 7.52. The van der Waals surface area contributed by atoms with E-state index < -0.39 is 11.6 Å². The molecule has 0 saturated carbocycles. The molecule has 2 N–H and O–H groups in total. The topological polar surface area (TPSA) is 75.6 Å². The van der Waals surface area contributed by atoms with Gasteiger partial charge in [-0.05, 0) is 26.0 Å². The van der Waals surface area contributed by atoms with E-state index in [9.17, 15) is 8.78 Å². The first-order valence-electron chi connectivity index (χ1n) is 7.66. The van der Waals surface area contributed by atoms with Crippen molar-refractivity contribution in [3.8, 4) is 11.4 Å². The Morgan fingerprint density at radius 2 is 1.72 bits per heavy atom. The lowest BCUT2D eigenvalue weighted by Gasteiger charge is -2.12. The molecule has 0 aliphatic carbocycles. The maximum atomic E-state index is 14.1. The zero-order valence-electron chi connectivity index (χ0n) is 13.7. The first-order valence-corrected chi connectivity index (χ1v) is 7.66. The third kappa shape index (κ3) is 4.23. The van der Waals surface area contributed by atoms with Crippen molar-refractivity contribution in [2.24, 2.45) is 0 Å². The summed E-state index contributed by atoms with van der Waals surface area (Å²) in [5.74, 6) is -0.321. The fourth-order valence-corrected chi connectivity index (χ4v) is 2.13. The Bertz CT molecular complexity index is 885. The Hall–Kier alpha value is -3.16. The molecule has 0 amide bonds. The van der Waals surface area contributed by atoms with Crippen LogP contribution in [0.1, 0.15) is 13.8 Å². The van der Waals surface area contributed by atoms with E-state index in [-0.39, 0.29) is 29.3 Å². The third-order valence-corrected chi connectivity index (χ3v) is 3.13. The zero-order chi connectivity index (χ0) is 17.8. The third-order valence-electron chi connectivity index (χ3n) is 3.13. The number of hydrogen-bond donors (Lipinski definition) is 2. The van der Waals surface area contributed by atoms with Crippen LogP contribution in [-0.2, 0) is 0 Å². The van der Waals surface area contributed by atoms with Crippen molar-refractivity contribution >= 4 is 17.6 Å². The van der Waals surface area contributed by atoms with Crippen molar-refractivity contribution < 1.29 is 8.78 Å². The van der Waals surface area contributed by atoms with E-state index in [1.165, 1.54) is 18.3 Å². The molecule has 0 bridgehead atoms. The Kier molecular flexibility index (Phi) is 4.78. The summed E-state index contributed by atoms with van der Waals surface area (Å²) in [7, 11) is 0. The van der Waals surface area contributed by atoms with Gasteiger partial charge in [0.15, 0.2) is 5.82 Å². The molecule has 2 aromatic heterocycles. The monoisotopic (exact) mass is 342 g/mol. The molecule has 0 unspecified atom stereocenters. The van der Waals surface area contributed by atoms with Crippen LogP contribution >= 0.6 is 0 Å². The van der Waals surface area contributed by atoms with Gasteiger partial charge in [0.25, 0.3) is 0 Å². The minimum atomic E-state index is -0.492. The number of hydrogen-bond acceptors (Lipinski definition) is 6. The molecule has 0 aliphatic heterocycles. The average Bonchev–Trinajstić information content (AvgIpc) is 2.54. The predicted molar refractivity (Wildman–Crippen MR) is 91.5 cm³/mol. The molecule has 0 radical (unpaired) electrons. The van der Waals surface area contributed by atoms with Crippen molar-refractivity contribution in [1.82, 2.24) is 19.9 Å². The van der Waals surface area contributed by atoms with Crippen molar-refractivity contribution in [2.75, 3.05) is 10.6 Å². The van der Waals surface area contributed by atoms with E-state index in [1.54, 1.807) is 18.2 Å². The number of nitrogens with zero attached hydrogens (tertiary/aromatic N) is 4. The molecule has 2 heterocycles. The van der Waals surface area contributed by atoms with Gasteiger partial charge in [-0.25, -0.2) is 8.78 Å². The average molecular weight is 342 g/mol. The first-order chi connectivity index (χ1) is 12.0. The molecule has 0 aliphatic rings. The van der Waals surface area contributed by atoms with E-state index in [4.69, 9.17) is 0 Å². The molecule has 8 heteroatoms. The minimum absolute atomic E-state index is 0.0690. The summed E-state index contributed by atoms with van der Waals surface area (Å²) in [5, 5.41) is 5.92. The number of benzene rings is 1. The summed E-state index contributed by atoms with van der Waals surface area (Å²) < 4.78 is 27.4. The Labute approximate surface area is 143 Å². The second-order valence-electron chi connectivity index (χ2n) is 5.60. The normalized spacial score (nSPS) is 10.8. The maximum absolute atomic E-state index is 14.1. The highest BCUT2D eigenvalue weighted by molar-refractivity contribution is 5.61. The SMILES string of the molecule is CC(C)Nc1nc(Nc2cncc(F)c2)nc(-c2ccccc2F)n1. The van der Waals surface area contributed by atoms with Gasteiger partial charge >= 0.3 is 0 Å². The smallest absolute Gasteiger partial charge is 0.232 e. The number of halogens is 2. The first kappa shape index (κ1) is 16.7. The van der Waals surface area contributed by atoms with Gasteiger partial charge in [0.2, 0.25) is 11.9 Å². The van der Waals surface area contributed by atoms with E-state index in [1.807, 2.05) is 13.8 Å². The fourth-order valence-electron chi connectivity index (χ4n) is 2.13. The van der Waals surface area contributed by atoms with Crippen LogP contribution in [0.4, 0.5) is 26.4 Å². The second kappa shape index (κ2) is 7.16. The van der Waals surface area contributed by atoms with Gasteiger partial charge in [-0.3, -0.25) is 4.98 Å². The van der Waals surface area contributed by atoms with Crippen LogP contribution < -0.4 is 10.6 Å². The van der Waals surface area contributed by atoms with Gasteiger partial charge in [-0.1, -0.05) is 12.1 Å². The highest BCUT2D eigenvalue weighted by Gasteiger charge is 2.13. The van der Waals surface area contributed by atoms with Crippen LogP contribution in [0.15, 0.2) is 42.7 Å². The van der Waals surface area contributed by atoms with Gasteiger partial charge in [0.05, 0.1) is 23.6 Å². The van der Waals surface area contributed by atoms with Gasteiger partial charge in [-0.15, -0.1) is 0 Å². The summed E-state index contributed by atoms with van der Waals surface area (Å²) in [4.78, 5) is 16.5. The molecular weight excluding hydrogens is 326 g/mol. The van der Waals surface area contributed by atoms with E-state index in [0.717, 1.165) is 6.20 Å². The Balaban J connectivity index is 2.02. The Morgan fingerprint density at radius 1 is 0.960 bits per heavy atom. The van der Waals surface area contributed by atoms with Crippen molar-refractivity contribution in [1.29, 1.82) is 0 Å². The molecule has 1 aromatic carbocycles. The lowest BCUT2D eigenvalue weighted by molar-refractivity contribution is 0.622. The molecule has 3 rings (SSSR count). The van der Waals surface area contributed by atoms with E-state index in [2.05, 4.69) is 30.6 Å². The standard InChI is InChI=1S/C17H16F2N6/c1-10(2)21-16-23-15(13-5-3-4-6-14(13)19)24-17(25-16)22-12-7-11(18)8-20-9-12/h3-10H,1-2H3,(H2,21,22,23,24,25). The fraction of sp³-hybridized carbons (Fsp3) is 0.176. The molecule has 6 nitrogen and oxygen atoms in total. The minimum Gasteiger partial charge on any atom is -0.352 e. The number of anilines is 3. The van der Waals surface area contributed by atoms with Crippen LogP contribution in [0.3, 0.4) is 0 Å². The quantitative estimate of drug-likeness (QED) is 0.735. The van der Waals surface area contributed by atoms with Crippen LogP contribution in [0, 0.1) is 11.6 Å². The van der Waals surface area contributed by atoms with Gasteiger partial charge in [0.1, 0.15) is 11.6 Å². The van der Waals surface area contributed by atoms with Crippen LogP contribution in [0.5, 0.6) is 0 Å². The predicted octanol–water partition coefficient (Wildman–Crippen LogP) is 3.78. The van der Waals surface area contributed by atoms with E-state index in [0.29, 0.717) is 5.69 Å². The largest absolute Gasteiger partial charge is 0.352 e. The summed E-state index contributed by atoms with van der Waals surface area (Å²) in [6.07, 6.45) is 2.53. The molecule has 3 aromatic rings. The molecule has 25 heavy (non-hydrogen) atoms. The van der Waals surface area contributed by atoms with Crippen LogP contribution in [-0.4, -0.2) is 26.0 Å². The molecule has 0 atom stereocenters. The summed E-state index contributed by atoms with van der Waals surface area (Å²) in [5.41, 5.74) is 0.623. The Morgan fingerprint density at radius 3 is 2.44 bits per heavy atom. The lowest BCUT2D eigenvalue weighted by atomic mass is 10.2. The molecule has 0 spiro atoms. The molecular formula is C17H16F2N6.